The van der Waals surface area contributed by atoms with E-state index in [1.807, 2.05) is 12.1 Å². The molecular weight excluding hydrogens is 490 g/mol. The summed E-state index contributed by atoms with van der Waals surface area (Å²) in [5.74, 6) is -0.369. The van der Waals surface area contributed by atoms with E-state index in [9.17, 15) is 9.18 Å². The number of hydrogen-bond acceptors (Lipinski definition) is 1. The predicted molar refractivity (Wildman–Crippen MR) is 89.0 cm³/mol. The molecule has 0 amide bonds. The topological polar surface area (TPSA) is 17.1 Å². The van der Waals surface area contributed by atoms with E-state index in [0.717, 1.165) is 12.5 Å². The summed E-state index contributed by atoms with van der Waals surface area (Å²) < 4.78 is 15.7. The molecule has 19 heavy (non-hydrogen) atoms. The lowest BCUT2D eigenvalue weighted by atomic mass is 10.0. The summed E-state index contributed by atoms with van der Waals surface area (Å²) in [5, 5.41) is 0. The fourth-order valence-corrected chi connectivity index (χ4v) is 3.04. The van der Waals surface area contributed by atoms with Crippen molar-refractivity contribution in [3.8, 4) is 0 Å². The van der Waals surface area contributed by atoms with Crippen LogP contribution in [0.5, 0.6) is 0 Å². The Balaban J connectivity index is 2.30. The number of carbonyl (C=O) groups is 1. The summed E-state index contributed by atoms with van der Waals surface area (Å²) in [6.07, 6.45) is 0.171. The first kappa shape index (κ1) is 15.1. The Kier molecular flexibility index (Phi) is 5.14. The first-order valence-electron chi connectivity index (χ1n) is 5.39. The molecule has 0 bridgehead atoms. The van der Waals surface area contributed by atoms with Crippen LogP contribution in [0.2, 0.25) is 0 Å². The summed E-state index contributed by atoms with van der Waals surface area (Å²) in [6, 6.07) is 9.91. The minimum Gasteiger partial charge on any atom is -0.294 e. The Morgan fingerprint density at radius 1 is 1.16 bits per heavy atom. The standard InChI is InChI=1S/C14H8Br2FIO/c15-9-1-4-13(18)11(7-9)14(19)6-8-5-10(17)2-3-12(8)16/h1-5,7H,6H2. The van der Waals surface area contributed by atoms with Gasteiger partial charge in [-0.3, -0.25) is 4.79 Å². The zero-order chi connectivity index (χ0) is 14.0. The Bertz CT molecular complexity index is 643. The zero-order valence-corrected chi connectivity index (χ0v) is 14.9. The van der Waals surface area contributed by atoms with Gasteiger partial charge in [0.15, 0.2) is 5.78 Å². The third kappa shape index (κ3) is 3.86. The molecule has 0 unspecified atom stereocenters. The van der Waals surface area contributed by atoms with E-state index in [0.29, 0.717) is 11.1 Å². The van der Waals surface area contributed by atoms with Crippen molar-refractivity contribution < 1.29 is 9.18 Å². The number of ketones is 1. The monoisotopic (exact) mass is 496 g/mol. The van der Waals surface area contributed by atoms with Gasteiger partial charge < -0.3 is 0 Å². The van der Waals surface area contributed by atoms with Crippen molar-refractivity contribution in [2.24, 2.45) is 0 Å². The van der Waals surface area contributed by atoms with Crippen LogP contribution in [0.15, 0.2) is 45.3 Å². The van der Waals surface area contributed by atoms with E-state index in [-0.39, 0.29) is 18.0 Å². The van der Waals surface area contributed by atoms with Gasteiger partial charge in [0, 0.05) is 24.5 Å². The van der Waals surface area contributed by atoms with Crippen LogP contribution in [0.25, 0.3) is 0 Å². The highest BCUT2D eigenvalue weighted by atomic mass is 127. The minimum atomic E-state index is -0.338. The Hall–Kier alpha value is -0.270. The molecule has 1 nitrogen and oxygen atoms in total. The van der Waals surface area contributed by atoms with E-state index in [1.165, 1.54) is 12.1 Å². The lowest BCUT2D eigenvalue weighted by molar-refractivity contribution is 0.0992. The van der Waals surface area contributed by atoms with Crippen molar-refractivity contribution in [1.29, 1.82) is 0 Å². The highest BCUT2D eigenvalue weighted by Gasteiger charge is 2.13. The Morgan fingerprint density at radius 2 is 1.89 bits per heavy atom. The second-order valence-corrected chi connectivity index (χ2v) is 6.89. The molecule has 0 atom stereocenters. The van der Waals surface area contributed by atoms with Crippen LogP contribution < -0.4 is 0 Å². The molecule has 2 aromatic carbocycles. The van der Waals surface area contributed by atoms with Crippen molar-refractivity contribution in [3.63, 3.8) is 0 Å². The van der Waals surface area contributed by atoms with Crippen LogP contribution in [0.1, 0.15) is 15.9 Å². The number of halogens is 4. The summed E-state index contributed by atoms with van der Waals surface area (Å²) in [5.41, 5.74) is 1.30. The SMILES string of the molecule is O=C(Cc1cc(F)ccc1Br)c1cc(Br)ccc1I. The first-order chi connectivity index (χ1) is 8.97. The quantitative estimate of drug-likeness (QED) is 0.411. The van der Waals surface area contributed by atoms with E-state index in [1.54, 1.807) is 12.1 Å². The molecule has 2 rings (SSSR count). The van der Waals surface area contributed by atoms with Gasteiger partial charge in [-0.1, -0.05) is 31.9 Å². The molecule has 0 N–H and O–H groups in total. The lowest BCUT2D eigenvalue weighted by Crippen LogP contribution is -2.06. The molecule has 0 fully saturated rings. The maximum atomic E-state index is 13.2. The number of hydrogen-bond donors (Lipinski definition) is 0. The largest absolute Gasteiger partial charge is 0.294 e. The fraction of sp³-hybridized carbons (Fsp3) is 0.0714. The molecule has 5 heteroatoms. The molecule has 0 saturated carbocycles. The van der Waals surface area contributed by atoms with Crippen LogP contribution in [-0.4, -0.2) is 5.78 Å². The average Bonchev–Trinajstić information content (AvgIpc) is 2.36. The number of rotatable bonds is 3. The van der Waals surface area contributed by atoms with Crippen molar-refractivity contribution in [1.82, 2.24) is 0 Å². The van der Waals surface area contributed by atoms with Gasteiger partial charge in [0.2, 0.25) is 0 Å². The molecule has 0 aliphatic carbocycles. The molecule has 2 aromatic rings. The van der Waals surface area contributed by atoms with Gasteiger partial charge in [-0.05, 0) is 64.6 Å². The van der Waals surface area contributed by atoms with Crippen molar-refractivity contribution in [2.45, 2.75) is 6.42 Å². The van der Waals surface area contributed by atoms with Crippen LogP contribution in [0.4, 0.5) is 4.39 Å². The van der Waals surface area contributed by atoms with E-state index in [2.05, 4.69) is 54.5 Å². The van der Waals surface area contributed by atoms with Crippen molar-refractivity contribution >= 4 is 60.2 Å². The minimum absolute atomic E-state index is 0.0306. The van der Waals surface area contributed by atoms with Crippen LogP contribution >= 0.6 is 54.5 Å². The third-order valence-electron chi connectivity index (χ3n) is 2.59. The predicted octanol–water partition coefficient (Wildman–Crippen LogP) is 5.38. The van der Waals surface area contributed by atoms with Gasteiger partial charge in [0.25, 0.3) is 0 Å². The van der Waals surface area contributed by atoms with Crippen LogP contribution in [0, 0.1) is 9.39 Å². The van der Waals surface area contributed by atoms with Crippen LogP contribution in [-0.2, 0) is 6.42 Å². The maximum absolute atomic E-state index is 13.2. The highest BCUT2D eigenvalue weighted by molar-refractivity contribution is 14.1. The van der Waals surface area contributed by atoms with E-state index < -0.39 is 0 Å². The second-order valence-electron chi connectivity index (χ2n) is 3.96. The van der Waals surface area contributed by atoms with Gasteiger partial charge in [-0.2, -0.15) is 0 Å². The maximum Gasteiger partial charge on any atom is 0.168 e. The molecule has 0 aliphatic rings. The Morgan fingerprint density at radius 3 is 2.63 bits per heavy atom. The van der Waals surface area contributed by atoms with Crippen molar-refractivity contribution in [2.75, 3.05) is 0 Å². The fourth-order valence-electron chi connectivity index (χ4n) is 1.66. The van der Waals surface area contributed by atoms with Gasteiger partial charge in [0.1, 0.15) is 5.82 Å². The normalized spacial score (nSPS) is 10.5. The average molecular weight is 498 g/mol. The molecular formula is C14H8Br2FIO. The molecule has 0 aliphatic heterocycles. The highest BCUT2D eigenvalue weighted by Crippen LogP contribution is 2.23. The molecule has 0 spiro atoms. The summed E-state index contributed by atoms with van der Waals surface area (Å²) in [7, 11) is 0. The van der Waals surface area contributed by atoms with E-state index in [4.69, 9.17) is 0 Å². The van der Waals surface area contributed by atoms with Crippen molar-refractivity contribution in [3.05, 3.63) is 65.9 Å². The van der Waals surface area contributed by atoms with E-state index >= 15 is 0 Å². The van der Waals surface area contributed by atoms with Crippen LogP contribution in [0.3, 0.4) is 0 Å². The first-order valence-corrected chi connectivity index (χ1v) is 8.06. The molecule has 0 radical (unpaired) electrons. The summed E-state index contributed by atoms with van der Waals surface area (Å²) in [4.78, 5) is 12.3. The van der Waals surface area contributed by atoms with Gasteiger partial charge in [-0.25, -0.2) is 4.39 Å². The third-order valence-corrected chi connectivity index (χ3v) is 4.80. The molecule has 98 valence electrons. The molecule has 0 heterocycles. The second kappa shape index (κ2) is 6.45. The summed E-state index contributed by atoms with van der Waals surface area (Å²) >= 11 is 8.81. The van der Waals surface area contributed by atoms with Gasteiger partial charge in [-0.15, -0.1) is 0 Å². The number of Topliss-reactive ketones (excluding diaryl/α,β-unsaturated/α-hetero) is 1. The molecule has 0 aromatic heterocycles. The molecule has 0 saturated heterocycles. The van der Waals surface area contributed by atoms with Gasteiger partial charge >= 0.3 is 0 Å². The number of benzene rings is 2. The zero-order valence-electron chi connectivity index (χ0n) is 9.59. The van der Waals surface area contributed by atoms with Gasteiger partial charge in [0.05, 0.1) is 0 Å². The summed E-state index contributed by atoms with van der Waals surface area (Å²) in [6.45, 7) is 0. The lowest BCUT2D eigenvalue weighted by Gasteiger charge is -2.07. The Labute approximate surface area is 141 Å². The number of carbonyl (C=O) groups excluding carboxylic acids is 1. The smallest absolute Gasteiger partial charge is 0.168 e.